The van der Waals surface area contributed by atoms with Gasteiger partial charge in [-0.1, -0.05) is 0 Å². The summed E-state index contributed by atoms with van der Waals surface area (Å²) in [5.41, 5.74) is 6.31. The number of nitrogens with one attached hydrogen (secondary N) is 3. The molecule has 0 radical (unpaired) electrons. The van der Waals surface area contributed by atoms with Crippen LogP contribution in [0.5, 0.6) is 0 Å². The Labute approximate surface area is 125 Å². The van der Waals surface area contributed by atoms with Crippen LogP contribution in [0, 0.1) is 10.1 Å². The molecule has 0 unspecified atom stereocenters. The second-order valence-corrected chi connectivity index (χ2v) is 4.63. The maximum atomic E-state index is 11.5. The largest absolute Gasteiger partial charge is 0.356 e. The van der Waals surface area contributed by atoms with Crippen molar-refractivity contribution in [3.63, 3.8) is 0 Å². The van der Waals surface area contributed by atoms with Crippen LogP contribution in [0.25, 0.3) is 0 Å². The number of thiocarbonyl (C=S) groups is 1. The number of nitro benzene ring substituents is 1. The van der Waals surface area contributed by atoms with E-state index in [0.717, 1.165) is 5.71 Å². The van der Waals surface area contributed by atoms with Crippen molar-refractivity contribution >= 4 is 40.4 Å². The Morgan fingerprint density at radius 1 is 1.48 bits per heavy atom. The average molecular weight is 308 g/mol. The van der Waals surface area contributed by atoms with Crippen molar-refractivity contribution in [1.82, 2.24) is 15.9 Å². The fourth-order valence-electron chi connectivity index (χ4n) is 1.58. The lowest BCUT2D eigenvalue weighted by Gasteiger charge is -2.26. The monoisotopic (exact) mass is 308 g/mol. The van der Waals surface area contributed by atoms with Gasteiger partial charge >= 0.3 is 6.03 Å². The number of hydrazone groups is 1. The van der Waals surface area contributed by atoms with Gasteiger partial charge in [0.05, 0.1) is 17.2 Å². The van der Waals surface area contributed by atoms with Gasteiger partial charge in [0, 0.05) is 17.8 Å². The van der Waals surface area contributed by atoms with Gasteiger partial charge in [-0.2, -0.15) is 5.10 Å². The third-order valence-electron chi connectivity index (χ3n) is 2.55. The number of hydrogen-bond acceptors (Lipinski definition) is 5. The molecule has 0 aromatic heterocycles. The van der Waals surface area contributed by atoms with Gasteiger partial charge in [-0.3, -0.25) is 15.5 Å². The van der Waals surface area contributed by atoms with Crippen LogP contribution in [-0.2, 0) is 0 Å². The Hall–Kier alpha value is -2.75. The number of carbonyl (C=O) groups excluding carboxylic acids is 1. The van der Waals surface area contributed by atoms with Gasteiger partial charge in [-0.15, -0.1) is 0 Å². The molecule has 0 spiro atoms. The molecule has 0 fully saturated rings. The van der Waals surface area contributed by atoms with E-state index in [1.165, 1.54) is 29.3 Å². The summed E-state index contributed by atoms with van der Waals surface area (Å²) in [6.07, 6.45) is 0. The third kappa shape index (κ3) is 3.86. The number of carbonyl (C=O) groups is 1. The average Bonchev–Trinajstić information content (AvgIpc) is 2.43. The molecule has 21 heavy (non-hydrogen) atoms. The van der Waals surface area contributed by atoms with Crippen LogP contribution in [-0.4, -0.2) is 33.3 Å². The normalized spacial score (nSPS) is 14.0. The molecule has 1 aliphatic heterocycles. The highest BCUT2D eigenvalue weighted by atomic mass is 32.1. The summed E-state index contributed by atoms with van der Waals surface area (Å²) < 4.78 is 0. The smallest absolute Gasteiger partial charge is 0.331 e. The number of non-ortho nitro benzene ring substituents is 1. The van der Waals surface area contributed by atoms with Crippen molar-refractivity contribution in [2.45, 2.75) is 6.92 Å². The van der Waals surface area contributed by atoms with Gasteiger partial charge in [0.2, 0.25) is 0 Å². The Balaban J connectivity index is 1.94. The van der Waals surface area contributed by atoms with Crippen LogP contribution in [0.1, 0.15) is 6.92 Å². The van der Waals surface area contributed by atoms with Crippen molar-refractivity contribution in [3.05, 3.63) is 34.4 Å². The van der Waals surface area contributed by atoms with Crippen molar-refractivity contribution in [3.8, 4) is 0 Å². The van der Waals surface area contributed by atoms with E-state index in [9.17, 15) is 14.9 Å². The lowest BCUT2D eigenvalue weighted by atomic mass is 10.3. The molecular formula is C11H12N6O3S. The minimum absolute atomic E-state index is 0.0123. The second kappa shape index (κ2) is 6.13. The minimum Gasteiger partial charge on any atom is -0.331 e. The lowest BCUT2D eigenvalue weighted by Crippen LogP contribution is -2.55. The number of nitro groups is 1. The fraction of sp³-hybridized carbons (Fsp3) is 0.182. The Kier molecular flexibility index (Phi) is 4.28. The molecule has 9 nitrogen and oxygen atoms in total. The Bertz CT molecular complexity index is 615. The molecule has 0 aliphatic carbocycles. The summed E-state index contributed by atoms with van der Waals surface area (Å²) in [7, 11) is 0. The highest BCUT2D eigenvalue weighted by Crippen LogP contribution is 2.15. The van der Waals surface area contributed by atoms with Crippen LogP contribution in [0.3, 0.4) is 0 Å². The highest BCUT2D eigenvalue weighted by Gasteiger charge is 2.19. The standard InChI is InChI=1S/C11H12N6O3S/c1-7-6-16(11(18)14-13-7)15-10(21)12-8-2-4-9(5-3-8)17(19)20/h2-5H,6H2,1H3,(H,14,18)(H2,12,15,21). The molecule has 110 valence electrons. The van der Waals surface area contributed by atoms with Crippen LogP contribution >= 0.6 is 12.2 Å². The van der Waals surface area contributed by atoms with E-state index in [2.05, 4.69) is 21.3 Å². The number of hydrazine groups is 1. The fourth-order valence-corrected chi connectivity index (χ4v) is 1.81. The number of urea groups is 1. The van der Waals surface area contributed by atoms with Gasteiger partial charge < -0.3 is 5.32 Å². The van der Waals surface area contributed by atoms with Crippen LogP contribution in [0.15, 0.2) is 29.4 Å². The summed E-state index contributed by atoms with van der Waals surface area (Å²) in [6.45, 7) is 2.06. The molecule has 1 aromatic rings. The topological polar surface area (TPSA) is 112 Å². The first kappa shape index (κ1) is 14.7. The number of benzene rings is 1. The molecule has 0 saturated carbocycles. The van der Waals surface area contributed by atoms with Crippen molar-refractivity contribution in [2.24, 2.45) is 5.10 Å². The van der Waals surface area contributed by atoms with E-state index >= 15 is 0 Å². The minimum atomic E-state index is -0.486. The molecule has 1 aliphatic rings. The van der Waals surface area contributed by atoms with E-state index in [-0.39, 0.29) is 10.8 Å². The number of anilines is 1. The van der Waals surface area contributed by atoms with E-state index in [1.807, 2.05) is 0 Å². The maximum absolute atomic E-state index is 11.5. The van der Waals surface area contributed by atoms with Gasteiger partial charge in [-0.25, -0.2) is 15.2 Å². The summed E-state index contributed by atoms with van der Waals surface area (Å²) in [4.78, 5) is 21.6. The lowest BCUT2D eigenvalue weighted by molar-refractivity contribution is -0.384. The molecule has 3 N–H and O–H groups in total. The van der Waals surface area contributed by atoms with Gasteiger partial charge in [-0.05, 0) is 31.3 Å². The highest BCUT2D eigenvalue weighted by molar-refractivity contribution is 7.80. The number of rotatable bonds is 3. The van der Waals surface area contributed by atoms with E-state index in [4.69, 9.17) is 12.2 Å². The predicted molar refractivity (Wildman–Crippen MR) is 80.8 cm³/mol. The zero-order chi connectivity index (χ0) is 15.4. The predicted octanol–water partition coefficient (Wildman–Crippen LogP) is 1.20. The Morgan fingerprint density at radius 2 is 2.14 bits per heavy atom. The third-order valence-corrected chi connectivity index (χ3v) is 2.74. The quantitative estimate of drug-likeness (QED) is 0.439. The zero-order valence-corrected chi connectivity index (χ0v) is 11.8. The van der Waals surface area contributed by atoms with Crippen LogP contribution in [0.4, 0.5) is 16.2 Å². The number of hydrogen-bond donors (Lipinski definition) is 3. The molecule has 10 heteroatoms. The molecule has 2 amide bonds. The number of amides is 2. The molecule has 1 aromatic carbocycles. The maximum Gasteiger partial charge on any atom is 0.356 e. The van der Waals surface area contributed by atoms with Crippen molar-refractivity contribution < 1.29 is 9.72 Å². The summed E-state index contributed by atoms with van der Waals surface area (Å²) in [6, 6.07) is 5.34. The summed E-state index contributed by atoms with van der Waals surface area (Å²) >= 11 is 5.08. The first-order chi connectivity index (χ1) is 9.95. The zero-order valence-electron chi connectivity index (χ0n) is 11.0. The van der Waals surface area contributed by atoms with Gasteiger partial charge in [0.25, 0.3) is 5.69 Å². The molecule has 0 bridgehead atoms. The van der Waals surface area contributed by atoms with E-state index in [1.54, 1.807) is 6.92 Å². The summed E-state index contributed by atoms with van der Waals surface area (Å²) in [5.74, 6) is 0. The molecule has 2 rings (SSSR count). The molecule has 1 heterocycles. The first-order valence-electron chi connectivity index (χ1n) is 5.88. The van der Waals surface area contributed by atoms with Crippen molar-refractivity contribution in [2.75, 3.05) is 11.9 Å². The molecule has 0 atom stereocenters. The van der Waals surface area contributed by atoms with Gasteiger partial charge in [0.15, 0.2) is 5.11 Å². The van der Waals surface area contributed by atoms with Crippen LogP contribution in [0.2, 0.25) is 0 Å². The number of nitrogens with zero attached hydrogens (tertiary/aromatic N) is 3. The summed E-state index contributed by atoms with van der Waals surface area (Å²) in [5, 5.41) is 18.6. The Morgan fingerprint density at radius 3 is 2.76 bits per heavy atom. The van der Waals surface area contributed by atoms with Crippen molar-refractivity contribution in [1.29, 1.82) is 0 Å². The molecular weight excluding hydrogens is 296 g/mol. The van der Waals surface area contributed by atoms with Gasteiger partial charge in [0.1, 0.15) is 0 Å². The second-order valence-electron chi connectivity index (χ2n) is 4.22. The van der Waals surface area contributed by atoms with E-state index < -0.39 is 11.0 Å². The van der Waals surface area contributed by atoms with E-state index in [0.29, 0.717) is 12.2 Å². The first-order valence-corrected chi connectivity index (χ1v) is 6.29. The molecule has 0 saturated heterocycles. The van der Waals surface area contributed by atoms with Crippen LogP contribution < -0.4 is 16.2 Å². The SMILES string of the molecule is CC1=NNC(=O)N(NC(=S)Nc2ccc([N+](=O)[O-])cc2)C1.